The average molecular weight is 309 g/mol. The van der Waals surface area contributed by atoms with Crippen LogP contribution in [0, 0.1) is 0 Å². The van der Waals surface area contributed by atoms with Crippen molar-refractivity contribution < 1.29 is 23.5 Å². The van der Waals surface area contributed by atoms with Crippen LogP contribution in [-0.2, 0) is 9.53 Å². The highest BCUT2D eigenvalue weighted by atomic mass is 16.6. The number of nitrogens with zero attached hydrogens (tertiary/aromatic N) is 2. The Labute approximate surface area is 128 Å². The molecule has 0 unspecified atom stereocenters. The third-order valence-electron chi connectivity index (χ3n) is 3.30. The molecule has 0 radical (unpaired) electrons. The van der Waals surface area contributed by atoms with Gasteiger partial charge in [-0.25, -0.2) is 4.79 Å². The Morgan fingerprint density at radius 2 is 1.91 bits per heavy atom. The first-order chi connectivity index (χ1) is 10.6. The van der Waals surface area contributed by atoms with Crippen LogP contribution in [-0.4, -0.2) is 67.0 Å². The van der Waals surface area contributed by atoms with Gasteiger partial charge in [0.15, 0.2) is 5.76 Å². The van der Waals surface area contributed by atoms with E-state index >= 15 is 0 Å². The quantitative estimate of drug-likeness (QED) is 0.864. The standard InChI is InChI=1S/C14H19N3O5/c1-2-21-14(20)17-7-5-16(6-8-17)12(18)10-15-13(19)11-4-3-9-22-11/h3-4,9H,2,5-8,10H2,1H3,(H,15,19). The molecule has 0 bridgehead atoms. The van der Waals surface area contributed by atoms with Gasteiger partial charge in [0.2, 0.25) is 5.91 Å². The summed E-state index contributed by atoms with van der Waals surface area (Å²) >= 11 is 0. The third-order valence-corrected chi connectivity index (χ3v) is 3.30. The molecule has 1 aromatic rings. The van der Waals surface area contributed by atoms with Gasteiger partial charge in [0.05, 0.1) is 19.4 Å². The normalized spacial score (nSPS) is 14.6. The fourth-order valence-corrected chi connectivity index (χ4v) is 2.12. The van der Waals surface area contributed by atoms with Crippen molar-refractivity contribution >= 4 is 17.9 Å². The second-order valence-electron chi connectivity index (χ2n) is 4.73. The molecule has 1 aliphatic rings. The summed E-state index contributed by atoms with van der Waals surface area (Å²) in [7, 11) is 0. The molecule has 2 rings (SSSR count). The number of amides is 3. The zero-order valence-corrected chi connectivity index (χ0v) is 12.4. The van der Waals surface area contributed by atoms with E-state index in [0.29, 0.717) is 32.8 Å². The molecule has 120 valence electrons. The summed E-state index contributed by atoms with van der Waals surface area (Å²) in [5, 5.41) is 2.51. The summed E-state index contributed by atoms with van der Waals surface area (Å²) in [5.74, 6) is -0.452. The van der Waals surface area contributed by atoms with E-state index in [1.807, 2.05) is 0 Å². The van der Waals surface area contributed by atoms with Crippen LogP contribution in [0.25, 0.3) is 0 Å². The average Bonchev–Trinajstić information content (AvgIpc) is 3.07. The fraction of sp³-hybridized carbons (Fsp3) is 0.500. The van der Waals surface area contributed by atoms with E-state index in [2.05, 4.69) is 5.32 Å². The predicted molar refractivity (Wildman–Crippen MR) is 76.2 cm³/mol. The van der Waals surface area contributed by atoms with Crippen LogP contribution < -0.4 is 5.32 Å². The molecule has 1 fully saturated rings. The Morgan fingerprint density at radius 1 is 1.23 bits per heavy atom. The van der Waals surface area contributed by atoms with Gasteiger partial charge in [-0.2, -0.15) is 0 Å². The zero-order valence-electron chi connectivity index (χ0n) is 12.4. The molecule has 3 amide bonds. The van der Waals surface area contributed by atoms with E-state index in [4.69, 9.17) is 9.15 Å². The van der Waals surface area contributed by atoms with Crippen molar-refractivity contribution in [3.63, 3.8) is 0 Å². The maximum absolute atomic E-state index is 12.0. The summed E-state index contributed by atoms with van der Waals surface area (Å²) in [4.78, 5) is 38.4. The van der Waals surface area contributed by atoms with E-state index in [-0.39, 0.29) is 24.3 Å². The second kappa shape index (κ2) is 7.48. The van der Waals surface area contributed by atoms with Crippen molar-refractivity contribution in [1.82, 2.24) is 15.1 Å². The molecule has 8 heteroatoms. The fourth-order valence-electron chi connectivity index (χ4n) is 2.12. The molecule has 0 saturated carbocycles. The lowest BCUT2D eigenvalue weighted by Gasteiger charge is -2.34. The number of piperazine rings is 1. The molecule has 1 aromatic heterocycles. The van der Waals surface area contributed by atoms with Gasteiger partial charge in [-0.1, -0.05) is 0 Å². The number of nitrogens with one attached hydrogen (secondary N) is 1. The van der Waals surface area contributed by atoms with E-state index in [1.54, 1.807) is 22.8 Å². The van der Waals surface area contributed by atoms with Crippen molar-refractivity contribution in [2.24, 2.45) is 0 Å². The molecular weight excluding hydrogens is 290 g/mol. The molecule has 1 saturated heterocycles. The maximum Gasteiger partial charge on any atom is 0.409 e. The highest BCUT2D eigenvalue weighted by Gasteiger charge is 2.25. The Morgan fingerprint density at radius 3 is 2.50 bits per heavy atom. The number of rotatable bonds is 4. The van der Waals surface area contributed by atoms with Gasteiger partial charge < -0.3 is 24.3 Å². The third kappa shape index (κ3) is 4.00. The van der Waals surface area contributed by atoms with Crippen LogP contribution in [0.5, 0.6) is 0 Å². The Bertz CT molecular complexity index is 521. The number of hydrogen-bond donors (Lipinski definition) is 1. The molecule has 2 heterocycles. The molecular formula is C14H19N3O5. The first-order valence-corrected chi connectivity index (χ1v) is 7.13. The topological polar surface area (TPSA) is 92.1 Å². The Kier molecular flexibility index (Phi) is 5.40. The van der Waals surface area contributed by atoms with Crippen LogP contribution in [0.2, 0.25) is 0 Å². The first kappa shape index (κ1) is 15.9. The van der Waals surface area contributed by atoms with E-state index in [0.717, 1.165) is 0 Å². The lowest BCUT2D eigenvalue weighted by molar-refractivity contribution is -0.131. The SMILES string of the molecule is CCOC(=O)N1CCN(C(=O)CNC(=O)c2ccco2)CC1. The molecule has 0 spiro atoms. The summed E-state index contributed by atoms with van der Waals surface area (Å²) in [6.45, 7) is 3.69. The van der Waals surface area contributed by atoms with Gasteiger partial charge in [-0.05, 0) is 19.1 Å². The number of hydrogen-bond acceptors (Lipinski definition) is 5. The minimum atomic E-state index is -0.427. The Hall–Kier alpha value is -2.51. The van der Waals surface area contributed by atoms with E-state index in [9.17, 15) is 14.4 Å². The summed E-state index contributed by atoms with van der Waals surface area (Å²) < 4.78 is 9.85. The minimum absolute atomic E-state index is 0.0983. The van der Waals surface area contributed by atoms with Crippen LogP contribution in [0.1, 0.15) is 17.5 Å². The Balaban J connectivity index is 1.73. The van der Waals surface area contributed by atoms with E-state index < -0.39 is 5.91 Å². The molecule has 0 aromatic carbocycles. The molecule has 1 aliphatic heterocycles. The predicted octanol–water partition coefficient (Wildman–Crippen LogP) is 0.310. The first-order valence-electron chi connectivity index (χ1n) is 7.13. The number of carbonyl (C=O) groups excluding carboxylic acids is 3. The van der Waals surface area contributed by atoms with Crippen molar-refractivity contribution in [3.8, 4) is 0 Å². The van der Waals surface area contributed by atoms with Crippen molar-refractivity contribution in [2.75, 3.05) is 39.3 Å². The minimum Gasteiger partial charge on any atom is -0.459 e. The number of furan rings is 1. The summed E-state index contributed by atoms with van der Waals surface area (Å²) in [5.41, 5.74) is 0. The van der Waals surface area contributed by atoms with Crippen LogP contribution >= 0.6 is 0 Å². The van der Waals surface area contributed by atoms with Gasteiger partial charge in [0.25, 0.3) is 5.91 Å². The molecule has 1 N–H and O–H groups in total. The number of carbonyl (C=O) groups is 3. The molecule has 22 heavy (non-hydrogen) atoms. The van der Waals surface area contributed by atoms with Gasteiger partial charge in [0.1, 0.15) is 0 Å². The monoisotopic (exact) mass is 309 g/mol. The van der Waals surface area contributed by atoms with Crippen molar-refractivity contribution in [1.29, 1.82) is 0 Å². The smallest absolute Gasteiger partial charge is 0.409 e. The second-order valence-corrected chi connectivity index (χ2v) is 4.73. The maximum atomic E-state index is 12.0. The van der Waals surface area contributed by atoms with Crippen LogP contribution in [0.15, 0.2) is 22.8 Å². The van der Waals surface area contributed by atoms with Gasteiger partial charge >= 0.3 is 6.09 Å². The number of ether oxygens (including phenoxy) is 1. The van der Waals surface area contributed by atoms with Crippen molar-refractivity contribution in [2.45, 2.75) is 6.92 Å². The van der Waals surface area contributed by atoms with Crippen LogP contribution in [0.4, 0.5) is 4.79 Å². The highest BCUT2D eigenvalue weighted by Crippen LogP contribution is 2.04. The van der Waals surface area contributed by atoms with Gasteiger partial charge in [-0.3, -0.25) is 9.59 Å². The van der Waals surface area contributed by atoms with Gasteiger partial charge in [-0.15, -0.1) is 0 Å². The lowest BCUT2D eigenvalue weighted by Crippen LogP contribution is -2.52. The van der Waals surface area contributed by atoms with Crippen LogP contribution in [0.3, 0.4) is 0 Å². The summed E-state index contributed by atoms with van der Waals surface area (Å²) in [6.07, 6.45) is 1.03. The molecule has 8 nitrogen and oxygen atoms in total. The zero-order chi connectivity index (χ0) is 15.9. The summed E-state index contributed by atoms with van der Waals surface area (Å²) in [6, 6.07) is 3.13. The largest absolute Gasteiger partial charge is 0.459 e. The molecule has 0 atom stereocenters. The lowest BCUT2D eigenvalue weighted by atomic mass is 10.3. The van der Waals surface area contributed by atoms with Crippen molar-refractivity contribution in [3.05, 3.63) is 24.2 Å². The van der Waals surface area contributed by atoms with Gasteiger partial charge in [0, 0.05) is 26.2 Å². The van der Waals surface area contributed by atoms with E-state index in [1.165, 1.54) is 12.3 Å². The highest BCUT2D eigenvalue weighted by molar-refractivity contribution is 5.94. The molecule has 0 aliphatic carbocycles.